The fourth-order valence-corrected chi connectivity index (χ4v) is 1.53. The number of rotatable bonds is 6. The normalized spacial score (nSPS) is 10.9. The third kappa shape index (κ3) is 4.56. The zero-order chi connectivity index (χ0) is 12.8. The van der Waals surface area contributed by atoms with E-state index in [0.717, 1.165) is 31.5 Å². The maximum atomic E-state index is 13.4. The second-order valence-corrected chi connectivity index (χ2v) is 4.30. The molecule has 0 heterocycles. The minimum absolute atomic E-state index is 0.0935. The Bertz CT molecular complexity index is 344. The van der Waals surface area contributed by atoms with Crippen LogP contribution in [0.25, 0.3) is 0 Å². The number of nitrogens with one attached hydrogen (secondary N) is 1. The van der Waals surface area contributed by atoms with E-state index in [1.54, 1.807) is 0 Å². The van der Waals surface area contributed by atoms with Gasteiger partial charge in [-0.05, 0) is 45.6 Å². The van der Waals surface area contributed by atoms with Gasteiger partial charge in [-0.1, -0.05) is 0 Å². The van der Waals surface area contributed by atoms with Crippen molar-refractivity contribution in [1.82, 2.24) is 4.90 Å². The van der Waals surface area contributed by atoms with Gasteiger partial charge in [0.05, 0.1) is 0 Å². The molecule has 1 aromatic carbocycles. The molecule has 1 aromatic rings. The number of nitrogens with zero attached hydrogens (tertiary/aromatic N) is 1. The molecule has 5 heteroatoms. The average Bonchev–Trinajstić information content (AvgIpc) is 2.20. The number of nitrogens with two attached hydrogens (primary N) is 1. The van der Waals surface area contributed by atoms with Crippen LogP contribution in [0.1, 0.15) is 12.8 Å². The summed E-state index contributed by atoms with van der Waals surface area (Å²) in [5.74, 6) is -1.29. The van der Waals surface area contributed by atoms with Crippen molar-refractivity contribution in [3.63, 3.8) is 0 Å². The third-order valence-corrected chi connectivity index (χ3v) is 2.40. The minimum atomic E-state index is -0.643. The summed E-state index contributed by atoms with van der Waals surface area (Å²) in [5.41, 5.74) is 5.33. The lowest BCUT2D eigenvalue weighted by molar-refractivity contribution is 0.396. The maximum absolute atomic E-state index is 13.4. The van der Waals surface area contributed by atoms with Crippen molar-refractivity contribution < 1.29 is 8.78 Å². The molecule has 1 rings (SSSR count). The van der Waals surface area contributed by atoms with Gasteiger partial charge in [-0.25, -0.2) is 8.78 Å². The van der Waals surface area contributed by atoms with Gasteiger partial charge in [0.25, 0.3) is 0 Å². The smallest absolute Gasteiger partial charge is 0.151 e. The van der Waals surface area contributed by atoms with E-state index < -0.39 is 11.6 Å². The molecule has 0 aliphatic rings. The summed E-state index contributed by atoms with van der Waals surface area (Å²) in [6.45, 7) is 1.51. The van der Waals surface area contributed by atoms with Crippen LogP contribution >= 0.6 is 0 Å². The van der Waals surface area contributed by atoms with Gasteiger partial charge < -0.3 is 16.0 Å². The molecule has 3 N–H and O–H groups in total. The molecular weight excluding hydrogens is 224 g/mol. The van der Waals surface area contributed by atoms with Crippen LogP contribution in [-0.4, -0.2) is 32.1 Å². The number of nitrogen functional groups attached to an aromatic ring is 1. The van der Waals surface area contributed by atoms with Gasteiger partial charge in [-0.3, -0.25) is 0 Å². The molecule has 0 aliphatic carbocycles. The second-order valence-electron chi connectivity index (χ2n) is 4.30. The van der Waals surface area contributed by atoms with Crippen LogP contribution in [-0.2, 0) is 0 Å². The van der Waals surface area contributed by atoms with Crippen LogP contribution in [0.15, 0.2) is 12.1 Å². The topological polar surface area (TPSA) is 41.3 Å². The Morgan fingerprint density at radius 2 is 1.76 bits per heavy atom. The minimum Gasteiger partial charge on any atom is -0.399 e. The van der Waals surface area contributed by atoms with Gasteiger partial charge in [0.2, 0.25) is 0 Å². The van der Waals surface area contributed by atoms with E-state index in [-0.39, 0.29) is 11.4 Å². The van der Waals surface area contributed by atoms with Crippen molar-refractivity contribution in [2.45, 2.75) is 12.8 Å². The molecule has 0 atom stereocenters. The zero-order valence-corrected chi connectivity index (χ0v) is 10.3. The molecule has 0 bridgehead atoms. The van der Waals surface area contributed by atoms with E-state index in [0.29, 0.717) is 6.54 Å². The van der Waals surface area contributed by atoms with Gasteiger partial charge in [0.15, 0.2) is 11.6 Å². The highest BCUT2D eigenvalue weighted by atomic mass is 19.1. The molecule has 0 saturated carbocycles. The number of benzene rings is 1. The van der Waals surface area contributed by atoms with Crippen LogP contribution in [0, 0.1) is 11.6 Å². The summed E-state index contributed by atoms with van der Waals surface area (Å²) < 4.78 is 26.7. The lowest BCUT2D eigenvalue weighted by Gasteiger charge is -2.11. The SMILES string of the molecule is CN(C)CCCCNc1c(F)cc(N)cc1F. The molecule has 3 nitrogen and oxygen atoms in total. The zero-order valence-electron chi connectivity index (χ0n) is 10.3. The molecule has 0 amide bonds. The van der Waals surface area contributed by atoms with E-state index in [9.17, 15) is 8.78 Å². The van der Waals surface area contributed by atoms with Crippen molar-refractivity contribution in [2.75, 3.05) is 38.2 Å². The van der Waals surface area contributed by atoms with Gasteiger partial charge in [0, 0.05) is 12.2 Å². The summed E-state index contributed by atoms with van der Waals surface area (Å²) in [6.07, 6.45) is 1.85. The summed E-state index contributed by atoms with van der Waals surface area (Å²) in [5, 5.41) is 2.76. The first-order valence-electron chi connectivity index (χ1n) is 5.64. The summed E-state index contributed by atoms with van der Waals surface area (Å²) in [6, 6.07) is 2.23. The van der Waals surface area contributed by atoms with Crippen molar-refractivity contribution in [1.29, 1.82) is 0 Å². The largest absolute Gasteiger partial charge is 0.399 e. The van der Waals surface area contributed by atoms with E-state index in [2.05, 4.69) is 10.2 Å². The van der Waals surface area contributed by atoms with Crippen molar-refractivity contribution in [3.05, 3.63) is 23.8 Å². The molecule has 0 saturated heterocycles. The first-order chi connectivity index (χ1) is 8.00. The van der Waals surface area contributed by atoms with Crippen LogP contribution < -0.4 is 11.1 Å². The Kier molecular flexibility index (Phi) is 5.15. The Morgan fingerprint density at radius 3 is 2.29 bits per heavy atom. The van der Waals surface area contributed by atoms with E-state index in [1.807, 2.05) is 14.1 Å². The number of hydrogen-bond acceptors (Lipinski definition) is 3. The predicted octanol–water partition coefficient (Wildman–Crippen LogP) is 2.30. The summed E-state index contributed by atoms with van der Waals surface area (Å²) >= 11 is 0. The first kappa shape index (κ1) is 13.7. The molecule has 17 heavy (non-hydrogen) atoms. The molecule has 0 unspecified atom stereocenters. The van der Waals surface area contributed by atoms with E-state index >= 15 is 0 Å². The molecule has 0 radical (unpaired) electrons. The molecule has 96 valence electrons. The standard InChI is InChI=1S/C12H19F2N3/c1-17(2)6-4-3-5-16-12-10(13)7-9(15)8-11(12)14/h7-8,16H,3-6,15H2,1-2H3. The Hall–Kier alpha value is -1.36. The quantitative estimate of drug-likeness (QED) is 0.595. The van der Waals surface area contributed by atoms with Crippen molar-refractivity contribution >= 4 is 11.4 Å². The van der Waals surface area contributed by atoms with E-state index in [4.69, 9.17) is 5.73 Å². The number of hydrogen-bond donors (Lipinski definition) is 2. The van der Waals surface area contributed by atoms with Gasteiger partial charge in [0.1, 0.15) is 5.69 Å². The van der Waals surface area contributed by atoms with Crippen LogP contribution in [0.2, 0.25) is 0 Å². The molecule has 0 aromatic heterocycles. The van der Waals surface area contributed by atoms with Crippen molar-refractivity contribution in [2.24, 2.45) is 0 Å². The summed E-state index contributed by atoms with van der Waals surface area (Å²) in [4.78, 5) is 2.07. The average molecular weight is 243 g/mol. The molecule has 0 spiro atoms. The monoisotopic (exact) mass is 243 g/mol. The van der Waals surface area contributed by atoms with Crippen molar-refractivity contribution in [3.8, 4) is 0 Å². The van der Waals surface area contributed by atoms with Crippen LogP contribution in [0.4, 0.5) is 20.2 Å². The highest BCUT2D eigenvalue weighted by Gasteiger charge is 2.09. The fraction of sp³-hybridized carbons (Fsp3) is 0.500. The Labute approximate surface area is 101 Å². The van der Waals surface area contributed by atoms with E-state index in [1.165, 1.54) is 0 Å². The Balaban J connectivity index is 2.42. The fourth-order valence-electron chi connectivity index (χ4n) is 1.53. The predicted molar refractivity (Wildman–Crippen MR) is 67.0 cm³/mol. The molecular formula is C12H19F2N3. The summed E-state index contributed by atoms with van der Waals surface area (Å²) in [7, 11) is 3.99. The van der Waals surface area contributed by atoms with Crippen LogP contribution in [0.5, 0.6) is 0 Å². The lowest BCUT2D eigenvalue weighted by Crippen LogP contribution is -2.14. The first-order valence-corrected chi connectivity index (χ1v) is 5.64. The number of halogens is 2. The van der Waals surface area contributed by atoms with Gasteiger partial charge in [-0.15, -0.1) is 0 Å². The van der Waals surface area contributed by atoms with Gasteiger partial charge >= 0.3 is 0 Å². The maximum Gasteiger partial charge on any atom is 0.151 e. The molecule has 0 fully saturated rings. The highest BCUT2D eigenvalue weighted by Crippen LogP contribution is 2.21. The Morgan fingerprint density at radius 1 is 1.18 bits per heavy atom. The van der Waals surface area contributed by atoms with Gasteiger partial charge in [-0.2, -0.15) is 0 Å². The van der Waals surface area contributed by atoms with Crippen LogP contribution in [0.3, 0.4) is 0 Å². The third-order valence-electron chi connectivity index (χ3n) is 2.40. The number of anilines is 2. The molecule has 0 aliphatic heterocycles. The highest BCUT2D eigenvalue weighted by molar-refractivity contribution is 5.53. The second kappa shape index (κ2) is 6.39. The number of unbranched alkanes of at least 4 members (excludes halogenated alkanes) is 1. The lowest BCUT2D eigenvalue weighted by atomic mass is 10.2.